The second-order valence-corrected chi connectivity index (χ2v) is 5.05. The second kappa shape index (κ2) is 5.65. The lowest BCUT2D eigenvalue weighted by Crippen LogP contribution is -2.10. The summed E-state index contributed by atoms with van der Waals surface area (Å²) >= 11 is 3.23. The first-order chi connectivity index (χ1) is 8.99. The zero-order valence-corrected chi connectivity index (χ0v) is 11.6. The summed E-state index contributed by atoms with van der Waals surface area (Å²) in [5.41, 5.74) is 0.380. The van der Waals surface area contributed by atoms with Gasteiger partial charge in [0.15, 0.2) is 11.6 Å². The molecule has 0 radical (unpaired) electrons. The molecule has 0 fully saturated rings. The van der Waals surface area contributed by atoms with Crippen molar-refractivity contribution in [1.82, 2.24) is 0 Å². The maximum atomic E-state index is 13.6. The molecular weight excluding hydrogens is 319 g/mol. The average Bonchev–Trinajstić information content (AvgIpc) is 2.37. The summed E-state index contributed by atoms with van der Waals surface area (Å²) in [5.74, 6) is -2.29. The van der Waals surface area contributed by atoms with Crippen LogP contribution in [0.5, 0.6) is 0 Å². The van der Waals surface area contributed by atoms with Gasteiger partial charge in [-0.15, -0.1) is 0 Å². The molecule has 2 aromatic carbocycles. The lowest BCUT2D eigenvalue weighted by atomic mass is 10.1. The molecule has 0 aliphatic heterocycles. The zero-order chi connectivity index (χ0) is 14.0. The van der Waals surface area contributed by atoms with Gasteiger partial charge in [-0.3, -0.25) is 0 Å². The number of benzene rings is 2. The number of rotatable bonds is 3. The van der Waals surface area contributed by atoms with Crippen molar-refractivity contribution >= 4 is 21.6 Å². The molecule has 1 nitrogen and oxygen atoms in total. The van der Waals surface area contributed by atoms with E-state index >= 15 is 0 Å². The SMILES string of the molecule is CC(Nc1cc(Br)ccc1F)c1cccc(F)c1F. The fourth-order valence-electron chi connectivity index (χ4n) is 1.77. The summed E-state index contributed by atoms with van der Waals surface area (Å²) < 4.78 is 41.0. The van der Waals surface area contributed by atoms with E-state index in [1.807, 2.05) is 0 Å². The minimum absolute atomic E-state index is 0.152. The van der Waals surface area contributed by atoms with Gasteiger partial charge >= 0.3 is 0 Å². The van der Waals surface area contributed by atoms with Gasteiger partial charge in [0.25, 0.3) is 0 Å². The Balaban J connectivity index is 2.28. The fraction of sp³-hybridized carbons (Fsp3) is 0.143. The lowest BCUT2D eigenvalue weighted by Gasteiger charge is -2.17. The molecule has 2 aromatic rings. The summed E-state index contributed by atoms with van der Waals surface area (Å²) in [6.45, 7) is 1.64. The van der Waals surface area contributed by atoms with Crippen LogP contribution in [0.2, 0.25) is 0 Å². The van der Waals surface area contributed by atoms with Crippen LogP contribution in [0.4, 0.5) is 18.9 Å². The normalized spacial score (nSPS) is 12.3. The van der Waals surface area contributed by atoms with E-state index in [1.54, 1.807) is 19.1 Å². The first kappa shape index (κ1) is 13.9. The van der Waals surface area contributed by atoms with E-state index in [4.69, 9.17) is 0 Å². The van der Waals surface area contributed by atoms with E-state index in [-0.39, 0.29) is 11.3 Å². The van der Waals surface area contributed by atoms with Crippen molar-refractivity contribution in [2.45, 2.75) is 13.0 Å². The van der Waals surface area contributed by atoms with Crippen LogP contribution >= 0.6 is 15.9 Å². The average molecular weight is 330 g/mol. The number of hydrogen-bond donors (Lipinski definition) is 1. The summed E-state index contributed by atoms with van der Waals surface area (Å²) in [7, 11) is 0. The Morgan fingerprint density at radius 3 is 2.53 bits per heavy atom. The third-order valence-corrected chi connectivity index (χ3v) is 3.24. The van der Waals surface area contributed by atoms with Gasteiger partial charge in [0.1, 0.15) is 5.82 Å². The minimum atomic E-state index is -0.919. The fourth-order valence-corrected chi connectivity index (χ4v) is 2.14. The molecular formula is C14H11BrF3N. The van der Waals surface area contributed by atoms with Crippen molar-refractivity contribution < 1.29 is 13.2 Å². The van der Waals surface area contributed by atoms with Gasteiger partial charge in [-0.05, 0) is 31.2 Å². The molecule has 0 amide bonds. The molecule has 0 heterocycles. The van der Waals surface area contributed by atoms with Crippen LogP contribution in [0.3, 0.4) is 0 Å². The van der Waals surface area contributed by atoms with Crippen LogP contribution in [-0.4, -0.2) is 0 Å². The number of nitrogens with one attached hydrogen (secondary N) is 1. The summed E-state index contributed by atoms with van der Waals surface area (Å²) in [6, 6.07) is 7.78. The molecule has 0 saturated carbocycles. The van der Waals surface area contributed by atoms with E-state index in [1.165, 1.54) is 18.2 Å². The van der Waals surface area contributed by atoms with Crippen LogP contribution in [-0.2, 0) is 0 Å². The predicted molar refractivity (Wildman–Crippen MR) is 72.5 cm³/mol. The van der Waals surface area contributed by atoms with Crippen molar-refractivity contribution in [2.75, 3.05) is 5.32 Å². The van der Waals surface area contributed by atoms with Crippen LogP contribution in [0.25, 0.3) is 0 Å². The summed E-state index contributed by atoms with van der Waals surface area (Å²) in [5, 5.41) is 2.82. The van der Waals surface area contributed by atoms with Crippen molar-refractivity contribution in [3.63, 3.8) is 0 Å². The lowest BCUT2D eigenvalue weighted by molar-refractivity contribution is 0.494. The molecule has 2 rings (SSSR count). The monoisotopic (exact) mass is 329 g/mol. The van der Waals surface area contributed by atoms with Gasteiger partial charge in [0.2, 0.25) is 0 Å². The molecule has 1 unspecified atom stereocenters. The zero-order valence-electron chi connectivity index (χ0n) is 10.1. The molecule has 100 valence electrons. The van der Waals surface area contributed by atoms with E-state index in [0.29, 0.717) is 4.47 Å². The first-order valence-corrected chi connectivity index (χ1v) is 6.44. The minimum Gasteiger partial charge on any atom is -0.376 e. The Labute approximate surface area is 117 Å². The Morgan fingerprint density at radius 1 is 1.05 bits per heavy atom. The van der Waals surface area contributed by atoms with Gasteiger partial charge in [0, 0.05) is 10.0 Å². The Kier molecular flexibility index (Phi) is 4.14. The van der Waals surface area contributed by atoms with Crippen LogP contribution in [0.15, 0.2) is 40.9 Å². The Morgan fingerprint density at radius 2 is 1.79 bits per heavy atom. The van der Waals surface area contributed by atoms with Crippen molar-refractivity contribution in [1.29, 1.82) is 0 Å². The maximum Gasteiger partial charge on any atom is 0.164 e. The van der Waals surface area contributed by atoms with E-state index < -0.39 is 23.5 Å². The molecule has 0 saturated heterocycles. The summed E-state index contributed by atoms with van der Waals surface area (Å²) in [4.78, 5) is 0. The van der Waals surface area contributed by atoms with Gasteiger partial charge in [-0.2, -0.15) is 0 Å². The number of halogens is 4. The van der Waals surface area contributed by atoms with Crippen molar-refractivity contribution in [3.8, 4) is 0 Å². The van der Waals surface area contributed by atoms with E-state index in [2.05, 4.69) is 21.2 Å². The van der Waals surface area contributed by atoms with Gasteiger partial charge in [-0.25, -0.2) is 13.2 Å². The highest BCUT2D eigenvalue weighted by Gasteiger charge is 2.15. The molecule has 0 aromatic heterocycles. The third kappa shape index (κ3) is 3.10. The van der Waals surface area contributed by atoms with E-state index in [9.17, 15) is 13.2 Å². The highest BCUT2D eigenvalue weighted by atomic mass is 79.9. The van der Waals surface area contributed by atoms with Gasteiger partial charge in [-0.1, -0.05) is 28.1 Å². The van der Waals surface area contributed by atoms with Crippen LogP contribution in [0.1, 0.15) is 18.5 Å². The predicted octanol–water partition coefficient (Wildman–Crippen LogP) is 5.04. The highest BCUT2D eigenvalue weighted by Crippen LogP contribution is 2.26. The molecule has 19 heavy (non-hydrogen) atoms. The van der Waals surface area contributed by atoms with Gasteiger partial charge < -0.3 is 5.32 Å². The van der Waals surface area contributed by atoms with Crippen LogP contribution in [0, 0.1) is 17.5 Å². The van der Waals surface area contributed by atoms with Crippen molar-refractivity contribution in [3.05, 3.63) is 63.9 Å². The molecule has 1 N–H and O–H groups in total. The molecule has 0 aliphatic carbocycles. The topological polar surface area (TPSA) is 12.0 Å². The Bertz CT molecular complexity index is 601. The quantitative estimate of drug-likeness (QED) is 0.831. The Hall–Kier alpha value is -1.49. The van der Waals surface area contributed by atoms with Gasteiger partial charge in [0.05, 0.1) is 11.7 Å². The molecule has 1 atom stereocenters. The largest absolute Gasteiger partial charge is 0.376 e. The third-order valence-electron chi connectivity index (χ3n) is 2.75. The number of anilines is 1. The summed E-state index contributed by atoms with van der Waals surface area (Å²) in [6.07, 6.45) is 0. The smallest absolute Gasteiger partial charge is 0.164 e. The molecule has 0 aliphatic rings. The molecule has 0 bridgehead atoms. The maximum absolute atomic E-state index is 13.6. The molecule has 5 heteroatoms. The van der Waals surface area contributed by atoms with E-state index in [0.717, 1.165) is 6.07 Å². The first-order valence-electron chi connectivity index (χ1n) is 5.64. The number of hydrogen-bond acceptors (Lipinski definition) is 1. The van der Waals surface area contributed by atoms with Crippen LogP contribution < -0.4 is 5.32 Å². The van der Waals surface area contributed by atoms with Crippen molar-refractivity contribution in [2.24, 2.45) is 0 Å². The standard InChI is InChI=1S/C14H11BrF3N/c1-8(10-3-2-4-12(17)14(10)18)19-13-7-9(15)5-6-11(13)16/h2-8,19H,1H3. The molecule has 0 spiro atoms. The highest BCUT2D eigenvalue weighted by molar-refractivity contribution is 9.10. The second-order valence-electron chi connectivity index (χ2n) is 4.13.